The summed E-state index contributed by atoms with van der Waals surface area (Å²) < 4.78 is 73.8. The van der Waals surface area contributed by atoms with Crippen molar-refractivity contribution in [1.82, 2.24) is 0 Å². The van der Waals surface area contributed by atoms with Gasteiger partial charge in [-0.1, -0.05) is 410 Å². The van der Waals surface area contributed by atoms with Crippen LogP contribution in [0.15, 0.2) is 70.5 Å². The van der Waals surface area contributed by atoms with Crippen LogP contribution in [-0.2, 0) is 45.9 Å². The van der Waals surface area contributed by atoms with Crippen LogP contribution >= 0.6 is 0 Å². The molecule has 0 radical (unpaired) electrons. The van der Waals surface area contributed by atoms with E-state index in [1.807, 2.05) is 12.1 Å². The molecule has 6 nitrogen and oxygen atoms in total. The number of rotatable bonds is 62. The molecule has 0 spiro atoms. The molecule has 0 heterocycles. The fourth-order valence-corrected chi connectivity index (χ4v) is 15.9. The number of benzene rings is 4. The Labute approximate surface area is 616 Å². The molecule has 0 saturated heterocycles. The molecule has 4 rings (SSSR count). The topological polar surface area (TPSA) is 114 Å². The molecule has 4 aromatic carbocycles. The van der Waals surface area contributed by atoms with E-state index in [1.54, 1.807) is 12.1 Å². The van der Waals surface area contributed by atoms with Crippen LogP contribution in [0.25, 0.3) is 21.5 Å². The third-order valence-electron chi connectivity index (χ3n) is 20.1. The van der Waals surface area contributed by atoms with Crippen molar-refractivity contribution in [3.63, 3.8) is 0 Å². The standard InChI is InChI=1S/2C42H72O3S.Ba/c2*1-3-5-7-9-11-13-15-17-19-21-23-25-27-29-32-38-33-31-34-39-36-37-41(46(43,44)45)40(42(38)39)35-30-28-26-24-22-20-18-16-14-12-10-8-6-4-2;/h2*31,33-34,36-37H,3-30,32,35H2,1-2H3,(H,43,44,45);/q;;+2/p-2. The predicted molar refractivity (Wildman–Crippen MR) is 406 cm³/mol. The van der Waals surface area contributed by atoms with Crippen LogP contribution in [0.2, 0.25) is 0 Å². The Hall–Kier alpha value is -1.21. The van der Waals surface area contributed by atoms with Crippen molar-refractivity contribution in [2.24, 2.45) is 0 Å². The minimum absolute atomic E-state index is 0. The van der Waals surface area contributed by atoms with E-state index < -0.39 is 20.2 Å². The number of fused-ring (bicyclic) bond motifs is 2. The van der Waals surface area contributed by atoms with Crippen LogP contribution in [0, 0.1) is 0 Å². The van der Waals surface area contributed by atoms with E-state index in [9.17, 15) is 25.9 Å². The first-order valence-corrected chi connectivity index (χ1v) is 42.8. The molecule has 0 atom stereocenters. The normalized spacial score (nSPS) is 11.8. The second-order valence-corrected chi connectivity index (χ2v) is 31.1. The number of unbranched alkanes of at least 4 members (excludes halogenated alkanes) is 52. The first-order chi connectivity index (χ1) is 45.0. The summed E-state index contributed by atoms with van der Waals surface area (Å²) in [5.41, 5.74) is 3.96. The summed E-state index contributed by atoms with van der Waals surface area (Å²) >= 11 is 0. The van der Waals surface area contributed by atoms with Crippen LogP contribution in [0.5, 0.6) is 0 Å². The second kappa shape index (κ2) is 59.6. The minimum Gasteiger partial charge on any atom is -0.744 e. The van der Waals surface area contributed by atoms with Crippen molar-refractivity contribution >= 4 is 90.7 Å². The van der Waals surface area contributed by atoms with Gasteiger partial charge >= 0.3 is 48.9 Å². The quantitative estimate of drug-likeness (QED) is 0.0247. The van der Waals surface area contributed by atoms with Gasteiger partial charge in [0, 0.05) is 0 Å². The summed E-state index contributed by atoms with van der Waals surface area (Å²) in [6, 6.07) is 19.4. The first kappa shape index (κ1) is 87.9. The smallest absolute Gasteiger partial charge is 0.744 e. The fourth-order valence-electron chi connectivity index (χ4n) is 14.4. The SMILES string of the molecule is CCCCCCCCCCCCCCCCc1cccc2ccc(S(=O)(=O)[O-])c(CCCCCCCCCCCCCCCC)c12.CCCCCCCCCCCCCCCCc1cccc2ccc(S(=O)(=O)[O-])c(CCCCCCCCCCCCCCCC)c12.[Ba+2]. The van der Waals surface area contributed by atoms with Crippen molar-refractivity contribution in [1.29, 1.82) is 0 Å². The van der Waals surface area contributed by atoms with Crippen LogP contribution < -0.4 is 0 Å². The van der Waals surface area contributed by atoms with Crippen molar-refractivity contribution in [2.45, 2.75) is 423 Å². The maximum Gasteiger partial charge on any atom is 2.00 e. The molecule has 0 aliphatic heterocycles. The molecule has 93 heavy (non-hydrogen) atoms. The monoisotopic (exact) mass is 1450 g/mol. The predicted octanol–water partition coefficient (Wildman–Crippen LogP) is 27.2. The van der Waals surface area contributed by atoms with Gasteiger partial charge in [0.2, 0.25) is 0 Å². The zero-order chi connectivity index (χ0) is 66.3. The largest absolute Gasteiger partial charge is 2.00 e. The number of aryl methyl sites for hydroxylation is 4. The summed E-state index contributed by atoms with van der Waals surface area (Å²) in [5.74, 6) is 0. The third kappa shape index (κ3) is 43.2. The molecule has 0 aromatic heterocycles. The van der Waals surface area contributed by atoms with Crippen molar-refractivity contribution in [3.05, 3.63) is 82.9 Å². The number of hydrogen-bond donors (Lipinski definition) is 0. The van der Waals surface area contributed by atoms with Crippen LogP contribution in [0.3, 0.4) is 0 Å². The van der Waals surface area contributed by atoms with E-state index in [2.05, 4.69) is 64.1 Å². The molecule has 0 aliphatic rings. The Bertz CT molecular complexity index is 2430. The summed E-state index contributed by atoms with van der Waals surface area (Å²) in [6.45, 7) is 9.11. The van der Waals surface area contributed by atoms with Gasteiger partial charge in [-0.3, -0.25) is 0 Å². The summed E-state index contributed by atoms with van der Waals surface area (Å²) in [7, 11) is -9.02. The maximum atomic E-state index is 12.3. The van der Waals surface area contributed by atoms with Gasteiger partial charge < -0.3 is 9.11 Å². The van der Waals surface area contributed by atoms with Crippen molar-refractivity contribution < 1.29 is 25.9 Å². The molecule has 0 N–H and O–H groups in total. The Morgan fingerprint density at radius 1 is 0.237 bits per heavy atom. The van der Waals surface area contributed by atoms with Gasteiger partial charge in [-0.2, -0.15) is 0 Å². The summed E-state index contributed by atoms with van der Waals surface area (Å²) in [6.07, 6.45) is 77.1. The molecule has 0 bridgehead atoms. The fraction of sp³-hybridized carbons (Fsp3) is 0.762. The second-order valence-electron chi connectivity index (χ2n) is 28.4. The average molecular weight is 1450 g/mol. The molecular formula is C84H142BaO6S2. The summed E-state index contributed by atoms with van der Waals surface area (Å²) in [5, 5.41) is 4.19. The average Bonchev–Trinajstić information content (AvgIpc) is 0.806. The van der Waals surface area contributed by atoms with Gasteiger partial charge in [-0.15, -0.1) is 0 Å². The Balaban J connectivity index is 0.000000627. The van der Waals surface area contributed by atoms with E-state index in [0.717, 1.165) is 84.0 Å². The molecule has 0 unspecified atom stereocenters. The molecule has 4 aromatic rings. The number of hydrogen-bond acceptors (Lipinski definition) is 6. The van der Waals surface area contributed by atoms with Gasteiger partial charge in [0.25, 0.3) is 0 Å². The van der Waals surface area contributed by atoms with Gasteiger partial charge in [0.05, 0.1) is 9.79 Å². The molecule has 0 aliphatic carbocycles. The van der Waals surface area contributed by atoms with Gasteiger partial charge in [0.15, 0.2) is 0 Å². The van der Waals surface area contributed by atoms with Crippen LogP contribution in [-0.4, -0.2) is 74.8 Å². The first-order valence-electron chi connectivity index (χ1n) is 40.0. The van der Waals surface area contributed by atoms with E-state index >= 15 is 0 Å². The van der Waals surface area contributed by atoms with Gasteiger partial charge in [0.1, 0.15) is 20.2 Å². The molecule has 9 heteroatoms. The van der Waals surface area contributed by atoms with Crippen molar-refractivity contribution in [2.75, 3.05) is 0 Å². The zero-order valence-corrected chi connectivity index (χ0v) is 67.2. The minimum atomic E-state index is -4.51. The third-order valence-corrected chi connectivity index (χ3v) is 21.9. The maximum absolute atomic E-state index is 12.3. The molecule has 0 fully saturated rings. The van der Waals surface area contributed by atoms with Gasteiger partial charge in [-0.05, 0) is 107 Å². The van der Waals surface area contributed by atoms with Crippen LogP contribution in [0.1, 0.15) is 410 Å². The Kier molecular flexibility index (Phi) is 56.4. The van der Waals surface area contributed by atoms with Crippen molar-refractivity contribution in [3.8, 4) is 0 Å². The van der Waals surface area contributed by atoms with E-state index in [-0.39, 0.29) is 58.7 Å². The Morgan fingerprint density at radius 2 is 0.419 bits per heavy atom. The van der Waals surface area contributed by atoms with Gasteiger partial charge in [-0.25, -0.2) is 16.8 Å². The van der Waals surface area contributed by atoms with E-state index in [4.69, 9.17) is 0 Å². The molecule has 0 amide bonds. The Morgan fingerprint density at radius 3 is 0.613 bits per heavy atom. The molecule has 0 saturated carbocycles. The van der Waals surface area contributed by atoms with Crippen LogP contribution in [0.4, 0.5) is 0 Å². The molecule has 528 valence electrons. The zero-order valence-electron chi connectivity index (χ0n) is 61.2. The molecular weight excluding hydrogens is 1310 g/mol. The van der Waals surface area contributed by atoms with E-state index in [0.29, 0.717) is 12.8 Å². The summed E-state index contributed by atoms with van der Waals surface area (Å²) in [4.78, 5) is 0.00575. The van der Waals surface area contributed by atoms with E-state index in [1.165, 1.54) is 332 Å².